The van der Waals surface area contributed by atoms with E-state index in [4.69, 9.17) is 9.15 Å². The maximum Gasteiger partial charge on any atom is 0.246 e. The maximum absolute atomic E-state index is 12.6. The van der Waals surface area contributed by atoms with Crippen LogP contribution in [0, 0.1) is 5.92 Å². The lowest BCUT2D eigenvalue weighted by Crippen LogP contribution is -2.49. The summed E-state index contributed by atoms with van der Waals surface area (Å²) in [4.78, 5) is 28.5. The van der Waals surface area contributed by atoms with Crippen LogP contribution in [0.5, 0.6) is 0 Å². The Morgan fingerprint density at radius 3 is 3.05 bits per heavy atom. The van der Waals surface area contributed by atoms with Crippen molar-refractivity contribution in [2.75, 3.05) is 31.9 Å². The summed E-state index contributed by atoms with van der Waals surface area (Å²) in [5.41, 5.74) is 0. The largest absolute Gasteiger partial charge is 0.467 e. The van der Waals surface area contributed by atoms with Crippen LogP contribution in [0.1, 0.15) is 12.2 Å². The first kappa shape index (κ1) is 15.4. The van der Waals surface area contributed by atoms with Gasteiger partial charge in [0.05, 0.1) is 31.2 Å². The van der Waals surface area contributed by atoms with Gasteiger partial charge in [-0.25, -0.2) is 0 Å². The smallest absolute Gasteiger partial charge is 0.246 e. The van der Waals surface area contributed by atoms with E-state index < -0.39 is 0 Å². The highest BCUT2D eigenvalue weighted by Crippen LogP contribution is 2.27. The van der Waals surface area contributed by atoms with Crippen molar-refractivity contribution >= 4 is 23.6 Å². The molecule has 7 heteroatoms. The predicted octanol–water partition coefficient (Wildman–Crippen LogP) is 1.18. The predicted molar refractivity (Wildman–Crippen MR) is 82.1 cm³/mol. The van der Waals surface area contributed by atoms with Crippen molar-refractivity contribution in [1.29, 1.82) is 0 Å². The summed E-state index contributed by atoms with van der Waals surface area (Å²) in [5.74, 6) is 1.90. The van der Waals surface area contributed by atoms with Gasteiger partial charge in [-0.1, -0.05) is 0 Å². The van der Waals surface area contributed by atoms with E-state index in [9.17, 15) is 9.59 Å². The molecule has 120 valence electrons. The van der Waals surface area contributed by atoms with Crippen molar-refractivity contribution in [2.24, 2.45) is 5.92 Å². The average Bonchev–Trinajstić information content (AvgIpc) is 3.26. The second kappa shape index (κ2) is 6.75. The van der Waals surface area contributed by atoms with Crippen LogP contribution in [0.15, 0.2) is 22.8 Å². The van der Waals surface area contributed by atoms with E-state index >= 15 is 0 Å². The molecule has 2 atom stereocenters. The number of thioether (sulfide) groups is 1. The normalized spacial score (nSPS) is 24.7. The molecule has 0 spiro atoms. The minimum absolute atomic E-state index is 0.0336. The minimum Gasteiger partial charge on any atom is -0.467 e. The molecule has 1 aromatic heterocycles. The summed E-state index contributed by atoms with van der Waals surface area (Å²) in [6.07, 6.45) is 2.35. The van der Waals surface area contributed by atoms with E-state index in [-0.39, 0.29) is 23.8 Å². The molecular formula is C15H20N2O4S. The van der Waals surface area contributed by atoms with Crippen molar-refractivity contribution < 1.29 is 18.7 Å². The van der Waals surface area contributed by atoms with Crippen molar-refractivity contribution in [3.8, 4) is 0 Å². The fourth-order valence-corrected chi connectivity index (χ4v) is 3.95. The first-order chi connectivity index (χ1) is 10.7. The number of hydrogen-bond acceptors (Lipinski definition) is 5. The second-order valence-electron chi connectivity index (χ2n) is 5.66. The number of ether oxygens (including phenoxy) is 1. The quantitative estimate of drug-likeness (QED) is 0.832. The Balaban J connectivity index is 1.64. The monoisotopic (exact) mass is 324 g/mol. The highest BCUT2D eigenvalue weighted by atomic mass is 32.2. The molecule has 3 heterocycles. The Bertz CT molecular complexity index is 528. The summed E-state index contributed by atoms with van der Waals surface area (Å²) in [7, 11) is 1.75. The molecule has 0 aromatic carbocycles. The molecule has 0 bridgehead atoms. The number of likely N-dealkylation sites (N-methyl/N-ethyl adjacent to an activating group) is 1. The van der Waals surface area contributed by atoms with Crippen LogP contribution in [-0.2, 0) is 20.9 Å². The van der Waals surface area contributed by atoms with E-state index in [0.717, 1.165) is 12.2 Å². The number of nitrogens with zero attached hydrogens (tertiary/aromatic N) is 2. The van der Waals surface area contributed by atoms with Crippen molar-refractivity contribution in [3.05, 3.63) is 24.2 Å². The lowest BCUT2D eigenvalue weighted by atomic mass is 10.1. The molecule has 2 aliphatic heterocycles. The van der Waals surface area contributed by atoms with E-state index in [2.05, 4.69) is 0 Å². The van der Waals surface area contributed by atoms with Crippen LogP contribution in [0.2, 0.25) is 0 Å². The minimum atomic E-state index is -0.377. The molecule has 0 aliphatic carbocycles. The van der Waals surface area contributed by atoms with Gasteiger partial charge < -0.3 is 19.0 Å². The Hall–Kier alpha value is -1.47. The number of amides is 2. The van der Waals surface area contributed by atoms with E-state index in [0.29, 0.717) is 31.4 Å². The maximum atomic E-state index is 12.6. The van der Waals surface area contributed by atoms with Crippen LogP contribution in [-0.4, -0.2) is 59.5 Å². The van der Waals surface area contributed by atoms with Gasteiger partial charge in [-0.3, -0.25) is 9.59 Å². The van der Waals surface area contributed by atoms with Crippen LogP contribution in [0.3, 0.4) is 0 Å². The van der Waals surface area contributed by atoms with Gasteiger partial charge in [0.25, 0.3) is 0 Å². The third-order valence-corrected chi connectivity index (χ3v) is 5.09. The number of hydrogen-bond donors (Lipinski definition) is 0. The molecule has 0 N–H and O–H groups in total. The zero-order valence-corrected chi connectivity index (χ0v) is 13.4. The SMILES string of the molecule is CN(Cc1ccco1)C(=O)[C@H]1CSCN1C(=O)[C@H]1CCOC1. The Labute approximate surface area is 133 Å². The third kappa shape index (κ3) is 3.15. The van der Waals surface area contributed by atoms with Gasteiger partial charge in [0.1, 0.15) is 11.8 Å². The highest BCUT2D eigenvalue weighted by molar-refractivity contribution is 7.99. The van der Waals surface area contributed by atoms with Crippen LogP contribution >= 0.6 is 11.8 Å². The standard InChI is InChI=1S/C15H20N2O4S/c1-16(7-12-3-2-5-21-12)15(19)13-9-22-10-17(13)14(18)11-4-6-20-8-11/h2-3,5,11,13H,4,6-10H2,1H3/t11-,13+/m0/s1. The molecule has 22 heavy (non-hydrogen) atoms. The lowest BCUT2D eigenvalue weighted by Gasteiger charge is -2.28. The fourth-order valence-electron chi connectivity index (χ4n) is 2.80. The third-order valence-electron chi connectivity index (χ3n) is 4.08. The number of furan rings is 1. The van der Waals surface area contributed by atoms with Gasteiger partial charge in [-0.05, 0) is 18.6 Å². The van der Waals surface area contributed by atoms with Gasteiger partial charge in [-0.15, -0.1) is 11.8 Å². The van der Waals surface area contributed by atoms with Crippen molar-refractivity contribution in [2.45, 2.75) is 19.0 Å². The molecule has 2 saturated heterocycles. The summed E-state index contributed by atoms with van der Waals surface area (Å²) in [5, 5.41) is 0. The number of carbonyl (C=O) groups is 2. The Morgan fingerprint density at radius 2 is 2.36 bits per heavy atom. The van der Waals surface area contributed by atoms with Gasteiger partial charge >= 0.3 is 0 Å². The van der Waals surface area contributed by atoms with Crippen LogP contribution in [0.4, 0.5) is 0 Å². The van der Waals surface area contributed by atoms with Crippen LogP contribution < -0.4 is 0 Å². The molecule has 0 unspecified atom stereocenters. The molecule has 0 radical (unpaired) electrons. The fraction of sp³-hybridized carbons (Fsp3) is 0.600. The molecule has 2 fully saturated rings. The van der Waals surface area contributed by atoms with Gasteiger partial charge in [0, 0.05) is 19.4 Å². The zero-order chi connectivity index (χ0) is 15.5. The molecule has 3 rings (SSSR count). The van der Waals surface area contributed by atoms with Crippen LogP contribution in [0.25, 0.3) is 0 Å². The topological polar surface area (TPSA) is 63.0 Å². The second-order valence-corrected chi connectivity index (χ2v) is 6.66. The number of carbonyl (C=O) groups excluding carboxylic acids is 2. The Morgan fingerprint density at radius 1 is 1.50 bits per heavy atom. The first-order valence-electron chi connectivity index (χ1n) is 7.40. The molecule has 0 saturated carbocycles. The summed E-state index contributed by atoms with van der Waals surface area (Å²) >= 11 is 1.62. The van der Waals surface area contributed by atoms with Gasteiger partial charge in [0.15, 0.2) is 0 Å². The number of rotatable bonds is 4. The highest BCUT2D eigenvalue weighted by Gasteiger charge is 2.39. The molecule has 2 amide bonds. The molecular weight excluding hydrogens is 304 g/mol. The first-order valence-corrected chi connectivity index (χ1v) is 8.55. The van der Waals surface area contributed by atoms with Crippen molar-refractivity contribution in [3.63, 3.8) is 0 Å². The summed E-state index contributed by atoms with van der Waals surface area (Å²) < 4.78 is 10.6. The Kier molecular flexibility index (Phi) is 4.73. The van der Waals surface area contributed by atoms with E-state index in [1.165, 1.54) is 0 Å². The molecule has 1 aromatic rings. The zero-order valence-electron chi connectivity index (χ0n) is 12.6. The average molecular weight is 324 g/mol. The lowest BCUT2D eigenvalue weighted by molar-refractivity contribution is -0.145. The molecule has 6 nitrogen and oxygen atoms in total. The van der Waals surface area contributed by atoms with Gasteiger partial charge in [0.2, 0.25) is 11.8 Å². The van der Waals surface area contributed by atoms with Crippen molar-refractivity contribution in [1.82, 2.24) is 9.80 Å². The summed E-state index contributed by atoms with van der Waals surface area (Å²) in [6, 6.07) is 3.26. The molecule has 2 aliphatic rings. The van der Waals surface area contributed by atoms with E-state index in [1.807, 2.05) is 6.07 Å². The van der Waals surface area contributed by atoms with Gasteiger partial charge in [-0.2, -0.15) is 0 Å². The summed E-state index contributed by atoms with van der Waals surface area (Å²) in [6.45, 7) is 1.53. The van der Waals surface area contributed by atoms with E-state index in [1.54, 1.807) is 40.9 Å².